The summed E-state index contributed by atoms with van der Waals surface area (Å²) in [4.78, 5) is 22.9. The van der Waals surface area contributed by atoms with Crippen LogP contribution in [-0.2, 0) is 11.0 Å². The Kier molecular flexibility index (Phi) is 5.38. The van der Waals surface area contributed by atoms with Crippen molar-refractivity contribution >= 4 is 27.8 Å². The van der Waals surface area contributed by atoms with Crippen LogP contribution in [0, 0.1) is 5.92 Å². The molecule has 2 N–H and O–H groups in total. The highest BCUT2D eigenvalue weighted by molar-refractivity contribution is 9.10. The molecule has 0 bridgehead atoms. The fourth-order valence-corrected chi connectivity index (χ4v) is 2.09. The zero-order chi connectivity index (χ0) is 16.4. The van der Waals surface area contributed by atoms with Gasteiger partial charge in [-0.3, -0.25) is 4.79 Å². The Bertz CT molecular complexity index is 558. The summed E-state index contributed by atoms with van der Waals surface area (Å²) in [6.07, 6.45) is -4.61. The highest BCUT2D eigenvalue weighted by Gasteiger charge is 2.34. The second-order valence-corrected chi connectivity index (χ2v) is 5.58. The average molecular weight is 368 g/mol. The van der Waals surface area contributed by atoms with Crippen molar-refractivity contribution in [1.82, 2.24) is 5.32 Å². The second-order valence-electron chi connectivity index (χ2n) is 4.73. The molecule has 8 heteroatoms. The van der Waals surface area contributed by atoms with Crippen LogP contribution in [0.3, 0.4) is 0 Å². The maximum Gasteiger partial charge on any atom is 0.417 e. The summed E-state index contributed by atoms with van der Waals surface area (Å²) in [5.74, 6) is -2.51. The number of carbonyl (C=O) groups is 2. The van der Waals surface area contributed by atoms with E-state index in [1.54, 1.807) is 13.8 Å². The van der Waals surface area contributed by atoms with Crippen LogP contribution in [0.1, 0.15) is 29.8 Å². The smallest absolute Gasteiger partial charge is 0.417 e. The van der Waals surface area contributed by atoms with Gasteiger partial charge in [-0.25, -0.2) is 4.79 Å². The molecule has 0 unspecified atom stereocenters. The van der Waals surface area contributed by atoms with Gasteiger partial charge in [0.2, 0.25) is 0 Å². The first-order valence-corrected chi connectivity index (χ1v) is 6.73. The van der Waals surface area contributed by atoms with E-state index in [4.69, 9.17) is 5.11 Å². The van der Waals surface area contributed by atoms with E-state index < -0.39 is 35.6 Å². The molecule has 1 aromatic rings. The van der Waals surface area contributed by atoms with Gasteiger partial charge in [0.05, 0.1) is 5.56 Å². The molecule has 116 valence electrons. The number of benzene rings is 1. The van der Waals surface area contributed by atoms with Crippen LogP contribution < -0.4 is 5.32 Å². The van der Waals surface area contributed by atoms with Crippen LogP contribution in [0.15, 0.2) is 22.7 Å². The molecule has 1 atom stereocenters. The quantitative estimate of drug-likeness (QED) is 0.857. The van der Waals surface area contributed by atoms with E-state index >= 15 is 0 Å². The normalized spacial score (nSPS) is 13.1. The van der Waals surface area contributed by atoms with Gasteiger partial charge in [0.1, 0.15) is 6.04 Å². The molecule has 1 amide bonds. The van der Waals surface area contributed by atoms with E-state index in [9.17, 15) is 22.8 Å². The SMILES string of the molecule is CC(C)[C@H](NC(=O)c1ccc(Br)c(C(F)(F)F)c1)C(=O)O. The molecule has 0 saturated heterocycles. The van der Waals surface area contributed by atoms with Gasteiger partial charge in [-0.15, -0.1) is 0 Å². The van der Waals surface area contributed by atoms with Crippen molar-refractivity contribution in [3.05, 3.63) is 33.8 Å². The summed E-state index contributed by atoms with van der Waals surface area (Å²) in [6.45, 7) is 3.17. The lowest BCUT2D eigenvalue weighted by Crippen LogP contribution is -2.44. The minimum Gasteiger partial charge on any atom is -0.480 e. The van der Waals surface area contributed by atoms with Gasteiger partial charge in [0.25, 0.3) is 5.91 Å². The van der Waals surface area contributed by atoms with Crippen LogP contribution in [0.5, 0.6) is 0 Å². The highest BCUT2D eigenvalue weighted by atomic mass is 79.9. The monoisotopic (exact) mass is 367 g/mol. The molecule has 0 radical (unpaired) electrons. The van der Waals surface area contributed by atoms with Crippen molar-refractivity contribution in [3.63, 3.8) is 0 Å². The van der Waals surface area contributed by atoms with Crippen molar-refractivity contribution < 1.29 is 27.9 Å². The van der Waals surface area contributed by atoms with Crippen molar-refractivity contribution in [2.24, 2.45) is 5.92 Å². The van der Waals surface area contributed by atoms with Crippen LogP contribution >= 0.6 is 15.9 Å². The van der Waals surface area contributed by atoms with Crippen molar-refractivity contribution in [2.45, 2.75) is 26.1 Å². The van der Waals surface area contributed by atoms with Gasteiger partial charge in [-0.1, -0.05) is 29.8 Å². The zero-order valence-electron chi connectivity index (χ0n) is 11.2. The Morgan fingerprint density at radius 1 is 1.29 bits per heavy atom. The minimum absolute atomic E-state index is 0.190. The van der Waals surface area contributed by atoms with Gasteiger partial charge < -0.3 is 10.4 Å². The van der Waals surface area contributed by atoms with Crippen LogP contribution in [-0.4, -0.2) is 23.0 Å². The fraction of sp³-hybridized carbons (Fsp3) is 0.385. The molecule has 0 aliphatic heterocycles. The number of alkyl halides is 3. The molecule has 1 aromatic carbocycles. The molecular weight excluding hydrogens is 355 g/mol. The molecule has 1 rings (SSSR count). The van der Waals surface area contributed by atoms with E-state index in [2.05, 4.69) is 21.2 Å². The van der Waals surface area contributed by atoms with E-state index in [0.717, 1.165) is 6.07 Å². The van der Waals surface area contributed by atoms with E-state index in [1.807, 2.05) is 0 Å². The molecule has 0 spiro atoms. The number of hydrogen-bond acceptors (Lipinski definition) is 2. The Hall–Kier alpha value is -1.57. The van der Waals surface area contributed by atoms with E-state index in [0.29, 0.717) is 6.07 Å². The lowest BCUT2D eigenvalue weighted by molar-refractivity contribution is -0.140. The van der Waals surface area contributed by atoms with Gasteiger partial charge in [0, 0.05) is 10.0 Å². The van der Waals surface area contributed by atoms with Crippen LogP contribution in [0.4, 0.5) is 13.2 Å². The van der Waals surface area contributed by atoms with Gasteiger partial charge in [-0.05, 0) is 24.1 Å². The Morgan fingerprint density at radius 3 is 2.29 bits per heavy atom. The fourth-order valence-electron chi connectivity index (χ4n) is 1.62. The minimum atomic E-state index is -4.61. The number of carboxylic acid groups (broad SMARTS) is 1. The maximum atomic E-state index is 12.8. The number of aliphatic carboxylic acids is 1. The van der Waals surface area contributed by atoms with Crippen LogP contribution in [0.25, 0.3) is 0 Å². The average Bonchev–Trinajstić information content (AvgIpc) is 2.33. The summed E-state index contributed by atoms with van der Waals surface area (Å²) in [6, 6.07) is 1.80. The van der Waals surface area contributed by atoms with E-state index in [1.165, 1.54) is 6.07 Å². The first-order valence-electron chi connectivity index (χ1n) is 5.94. The molecule has 21 heavy (non-hydrogen) atoms. The predicted molar refractivity (Wildman–Crippen MR) is 72.9 cm³/mol. The Morgan fingerprint density at radius 2 is 1.86 bits per heavy atom. The van der Waals surface area contributed by atoms with E-state index in [-0.39, 0.29) is 10.0 Å². The van der Waals surface area contributed by atoms with Crippen molar-refractivity contribution in [1.29, 1.82) is 0 Å². The lowest BCUT2D eigenvalue weighted by Gasteiger charge is -2.18. The summed E-state index contributed by atoms with van der Waals surface area (Å²) in [7, 11) is 0. The molecular formula is C13H13BrF3NO3. The third-order valence-corrected chi connectivity index (χ3v) is 3.44. The third kappa shape index (κ3) is 4.45. The first kappa shape index (κ1) is 17.5. The second kappa shape index (κ2) is 6.46. The van der Waals surface area contributed by atoms with Crippen LogP contribution in [0.2, 0.25) is 0 Å². The molecule has 0 aromatic heterocycles. The summed E-state index contributed by atoms with van der Waals surface area (Å²) >= 11 is 2.77. The molecule has 4 nitrogen and oxygen atoms in total. The summed E-state index contributed by atoms with van der Waals surface area (Å²) in [5.41, 5.74) is -1.25. The molecule has 0 heterocycles. The van der Waals surface area contributed by atoms with Gasteiger partial charge >= 0.3 is 12.1 Å². The lowest BCUT2D eigenvalue weighted by atomic mass is 10.0. The third-order valence-electron chi connectivity index (χ3n) is 2.75. The number of carboxylic acids is 1. The Balaban J connectivity index is 3.06. The standard InChI is InChI=1S/C13H13BrF3NO3/c1-6(2)10(12(20)21)18-11(19)7-3-4-9(14)8(5-7)13(15,16)17/h3-6,10H,1-2H3,(H,18,19)(H,20,21)/t10-/m0/s1. The number of amides is 1. The number of halogens is 4. The topological polar surface area (TPSA) is 66.4 Å². The molecule has 0 fully saturated rings. The molecule has 0 aliphatic rings. The van der Waals surface area contributed by atoms with Crippen molar-refractivity contribution in [2.75, 3.05) is 0 Å². The largest absolute Gasteiger partial charge is 0.480 e. The molecule has 0 saturated carbocycles. The van der Waals surface area contributed by atoms with Gasteiger partial charge in [-0.2, -0.15) is 13.2 Å². The van der Waals surface area contributed by atoms with Crippen molar-refractivity contribution in [3.8, 4) is 0 Å². The zero-order valence-corrected chi connectivity index (χ0v) is 12.7. The predicted octanol–water partition coefficient (Wildman–Crippen LogP) is 3.31. The number of nitrogens with one attached hydrogen (secondary N) is 1. The Labute approximate surface area is 127 Å². The number of rotatable bonds is 4. The first-order chi connectivity index (χ1) is 9.54. The maximum absolute atomic E-state index is 12.8. The highest BCUT2D eigenvalue weighted by Crippen LogP contribution is 2.35. The summed E-state index contributed by atoms with van der Waals surface area (Å²) in [5, 5.41) is 11.2. The summed E-state index contributed by atoms with van der Waals surface area (Å²) < 4.78 is 38.1. The molecule has 0 aliphatic carbocycles. The van der Waals surface area contributed by atoms with Gasteiger partial charge in [0.15, 0.2) is 0 Å². The number of carbonyl (C=O) groups excluding carboxylic acids is 1. The number of hydrogen-bond donors (Lipinski definition) is 2.